The van der Waals surface area contributed by atoms with Crippen molar-refractivity contribution in [1.82, 2.24) is 0 Å². The van der Waals surface area contributed by atoms with Crippen LogP contribution in [-0.2, 0) is 11.2 Å². The molecule has 0 amide bonds. The number of rotatable bonds is 4. The molecule has 0 heterocycles. The molecule has 2 aromatic carbocycles. The van der Waals surface area contributed by atoms with Crippen molar-refractivity contribution in [2.75, 3.05) is 0 Å². The highest BCUT2D eigenvalue weighted by Gasteiger charge is 2.18. The van der Waals surface area contributed by atoms with Crippen molar-refractivity contribution < 1.29 is 9.90 Å². The van der Waals surface area contributed by atoms with Gasteiger partial charge in [0, 0.05) is 11.4 Å². The van der Waals surface area contributed by atoms with Crippen LogP contribution >= 0.6 is 11.6 Å². The Labute approximate surface area is 117 Å². The molecule has 98 valence electrons. The molecule has 0 saturated carbocycles. The average Bonchev–Trinajstić information content (AvgIpc) is 2.42. The molecular formula is C16H15ClO2. The number of Topliss-reactive ketones (excluding diaryl/α,β-unsaturated/α-hetero) is 1. The summed E-state index contributed by atoms with van der Waals surface area (Å²) in [6.07, 6.45) is -0.964. The van der Waals surface area contributed by atoms with Gasteiger partial charge in [-0.15, -0.1) is 0 Å². The van der Waals surface area contributed by atoms with E-state index in [1.165, 1.54) is 0 Å². The third kappa shape index (κ3) is 3.43. The first-order valence-electron chi connectivity index (χ1n) is 6.08. The van der Waals surface area contributed by atoms with E-state index in [9.17, 15) is 9.90 Å². The van der Waals surface area contributed by atoms with Crippen molar-refractivity contribution in [3.8, 4) is 0 Å². The van der Waals surface area contributed by atoms with Crippen LogP contribution in [0, 0.1) is 6.92 Å². The highest BCUT2D eigenvalue weighted by molar-refractivity contribution is 6.31. The zero-order valence-electron chi connectivity index (χ0n) is 10.6. The zero-order chi connectivity index (χ0) is 13.8. The van der Waals surface area contributed by atoms with Gasteiger partial charge in [0.15, 0.2) is 5.78 Å². The summed E-state index contributed by atoms with van der Waals surface area (Å²) in [6.45, 7) is 1.94. The molecule has 0 bridgehead atoms. The van der Waals surface area contributed by atoms with Crippen LogP contribution in [0.2, 0.25) is 5.02 Å². The second-order valence-electron chi connectivity index (χ2n) is 4.55. The number of carbonyl (C=O) groups is 1. The lowest BCUT2D eigenvalue weighted by Gasteiger charge is -2.11. The molecule has 1 unspecified atom stereocenters. The molecule has 2 aromatic rings. The van der Waals surface area contributed by atoms with Crippen LogP contribution in [0.1, 0.15) is 22.8 Å². The lowest BCUT2D eigenvalue weighted by molar-refractivity contribution is -0.126. The summed E-state index contributed by atoms with van der Waals surface area (Å²) < 4.78 is 0. The predicted octanol–water partition coefficient (Wildman–Crippen LogP) is 3.49. The summed E-state index contributed by atoms with van der Waals surface area (Å²) in [5.41, 5.74) is 2.40. The van der Waals surface area contributed by atoms with E-state index in [2.05, 4.69) is 0 Å². The predicted molar refractivity (Wildman–Crippen MR) is 76.3 cm³/mol. The van der Waals surface area contributed by atoms with E-state index in [1.54, 1.807) is 24.3 Å². The van der Waals surface area contributed by atoms with Gasteiger partial charge in [0.05, 0.1) is 0 Å². The maximum atomic E-state index is 12.0. The lowest BCUT2D eigenvalue weighted by atomic mass is 9.99. The first kappa shape index (κ1) is 13.8. The normalized spacial score (nSPS) is 12.2. The minimum atomic E-state index is -1.10. The molecule has 0 aromatic heterocycles. The number of benzene rings is 2. The Morgan fingerprint density at radius 1 is 1.21 bits per heavy atom. The summed E-state index contributed by atoms with van der Waals surface area (Å²) in [5.74, 6) is -0.253. The molecule has 2 nitrogen and oxygen atoms in total. The van der Waals surface area contributed by atoms with Crippen molar-refractivity contribution >= 4 is 17.4 Å². The van der Waals surface area contributed by atoms with Crippen LogP contribution in [0.4, 0.5) is 0 Å². The Kier molecular flexibility index (Phi) is 4.35. The maximum Gasteiger partial charge on any atom is 0.170 e. The highest BCUT2D eigenvalue weighted by atomic mass is 35.5. The van der Waals surface area contributed by atoms with Gasteiger partial charge in [-0.25, -0.2) is 0 Å². The summed E-state index contributed by atoms with van der Waals surface area (Å²) >= 11 is 6.09. The molecule has 0 aliphatic heterocycles. The van der Waals surface area contributed by atoms with Gasteiger partial charge in [0.1, 0.15) is 6.10 Å². The minimum absolute atomic E-state index is 0.134. The molecule has 3 heteroatoms. The van der Waals surface area contributed by atoms with Crippen LogP contribution in [0.15, 0.2) is 48.5 Å². The summed E-state index contributed by atoms with van der Waals surface area (Å²) in [4.78, 5) is 12.0. The topological polar surface area (TPSA) is 37.3 Å². The second-order valence-corrected chi connectivity index (χ2v) is 4.96. The molecule has 0 fully saturated rings. The number of aliphatic hydroxyl groups is 1. The van der Waals surface area contributed by atoms with E-state index in [4.69, 9.17) is 11.6 Å². The van der Waals surface area contributed by atoms with Gasteiger partial charge >= 0.3 is 0 Å². The van der Waals surface area contributed by atoms with Gasteiger partial charge in [-0.05, 0) is 29.7 Å². The van der Waals surface area contributed by atoms with Crippen LogP contribution < -0.4 is 0 Å². The quantitative estimate of drug-likeness (QED) is 0.927. The fraction of sp³-hybridized carbons (Fsp3) is 0.188. The number of hydrogen-bond acceptors (Lipinski definition) is 2. The molecule has 1 atom stereocenters. The number of ketones is 1. The number of carbonyl (C=O) groups excluding carboxylic acids is 1. The zero-order valence-corrected chi connectivity index (χ0v) is 11.4. The summed E-state index contributed by atoms with van der Waals surface area (Å²) in [7, 11) is 0. The van der Waals surface area contributed by atoms with Crippen molar-refractivity contribution in [1.29, 1.82) is 0 Å². The highest BCUT2D eigenvalue weighted by Crippen LogP contribution is 2.21. The van der Waals surface area contributed by atoms with Crippen molar-refractivity contribution in [3.63, 3.8) is 0 Å². The van der Waals surface area contributed by atoms with Crippen LogP contribution in [0.5, 0.6) is 0 Å². The lowest BCUT2D eigenvalue weighted by Crippen LogP contribution is -2.14. The van der Waals surface area contributed by atoms with E-state index < -0.39 is 6.10 Å². The summed E-state index contributed by atoms with van der Waals surface area (Å²) in [6, 6.07) is 14.5. The maximum absolute atomic E-state index is 12.0. The van der Waals surface area contributed by atoms with Crippen molar-refractivity contribution in [2.45, 2.75) is 19.4 Å². The SMILES string of the molecule is Cc1ccc(CC(=O)C(O)c2ccccc2)c(Cl)c1. The molecule has 0 aliphatic rings. The van der Waals surface area contributed by atoms with E-state index in [1.807, 2.05) is 31.2 Å². The molecule has 2 rings (SSSR count). The van der Waals surface area contributed by atoms with Crippen LogP contribution in [0.25, 0.3) is 0 Å². The van der Waals surface area contributed by atoms with Gasteiger partial charge in [-0.2, -0.15) is 0 Å². The van der Waals surface area contributed by atoms with Gasteiger partial charge in [0.25, 0.3) is 0 Å². The van der Waals surface area contributed by atoms with Gasteiger partial charge in [-0.1, -0.05) is 54.1 Å². The Morgan fingerprint density at radius 2 is 1.89 bits per heavy atom. The summed E-state index contributed by atoms with van der Waals surface area (Å²) in [5, 5.41) is 10.6. The number of hydrogen-bond donors (Lipinski definition) is 1. The third-order valence-electron chi connectivity index (χ3n) is 2.99. The second kappa shape index (κ2) is 6.00. The average molecular weight is 275 g/mol. The Hall–Kier alpha value is -1.64. The van der Waals surface area contributed by atoms with E-state index in [-0.39, 0.29) is 12.2 Å². The number of aryl methyl sites for hydroxylation is 1. The fourth-order valence-electron chi connectivity index (χ4n) is 1.90. The van der Waals surface area contributed by atoms with E-state index >= 15 is 0 Å². The van der Waals surface area contributed by atoms with Crippen molar-refractivity contribution in [2.24, 2.45) is 0 Å². The Balaban J connectivity index is 2.13. The smallest absolute Gasteiger partial charge is 0.170 e. The Bertz CT molecular complexity index is 579. The molecule has 0 spiro atoms. The first-order chi connectivity index (χ1) is 9.08. The van der Waals surface area contributed by atoms with Gasteiger partial charge in [-0.3, -0.25) is 4.79 Å². The van der Waals surface area contributed by atoms with Gasteiger partial charge in [0.2, 0.25) is 0 Å². The Morgan fingerprint density at radius 3 is 2.53 bits per heavy atom. The minimum Gasteiger partial charge on any atom is -0.381 e. The van der Waals surface area contributed by atoms with Gasteiger partial charge < -0.3 is 5.11 Å². The molecule has 0 aliphatic carbocycles. The van der Waals surface area contributed by atoms with Crippen molar-refractivity contribution in [3.05, 3.63) is 70.2 Å². The number of aliphatic hydroxyl groups excluding tert-OH is 1. The van der Waals surface area contributed by atoms with Crippen LogP contribution in [0.3, 0.4) is 0 Å². The number of halogens is 1. The fourth-order valence-corrected chi connectivity index (χ4v) is 2.20. The molecule has 1 N–H and O–H groups in total. The molecular weight excluding hydrogens is 260 g/mol. The molecule has 19 heavy (non-hydrogen) atoms. The van der Waals surface area contributed by atoms with E-state index in [0.717, 1.165) is 11.1 Å². The van der Waals surface area contributed by atoms with Crippen LogP contribution in [-0.4, -0.2) is 10.9 Å². The molecule has 0 saturated heterocycles. The van der Waals surface area contributed by atoms with E-state index in [0.29, 0.717) is 10.6 Å². The molecule has 0 radical (unpaired) electrons. The first-order valence-corrected chi connectivity index (χ1v) is 6.46. The largest absolute Gasteiger partial charge is 0.381 e. The standard InChI is InChI=1S/C16H15ClO2/c1-11-7-8-13(14(17)9-11)10-15(18)16(19)12-5-3-2-4-6-12/h2-9,16,19H,10H2,1H3. The third-order valence-corrected chi connectivity index (χ3v) is 3.35. The monoisotopic (exact) mass is 274 g/mol.